The summed E-state index contributed by atoms with van der Waals surface area (Å²) in [6.45, 7) is 16.1. The molecular formula is C22H32O. The summed E-state index contributed by atoms with van der Waals surface area (Å²) in [5.41, 5.74) is 3.71. The molecule has 1 N–H and O–H groups in total. The van der Waals surface area contributed by atoms with Crippen LogP contribution in [0.1, 0.15) is 53.4 Å². The van der Waals surface area contributed by atoms with Gasteiger partial charge in [-0.15, -0.1) is 0 Å². The first-order valence-corrected chi connectivity index (χ1v) is 8.54. The molecule has 0 bridgehead atoms. The van der Waals surface area contributed by atoms with Crippen molar-refractivity contribution in [2.24, 2.45) is 5.92 Å². The predicted molar refractivity (Wildman–Crippen MR) is 102 cm³/mol. The Morgan fingerprint density at radius 2 is 2.00 bits per heavy atom. The number of hydrogen-bond acceptors (Lipinski definition) is 1. The van der Waals surface area contributed by atoms with Gasteiger partial charge in [0.2, 0.25) is 0 Å². The van der Waals surface area contributed by atoms with Gasteiger partial charge in [0.05, 0.1) is 5.60 Å². The van der Waals surface area contributed by atoms with Crippen molar-refractivity contribution < 1.29 is 5.11 Å². The highest BCUT2D eigenvalue weighted by molar-refractivity contribution is 5.44. The van der Waals surface area contributed by atoms with E-state index in [2.05, 4.69) is 44.4 Å². The van der Waals surface area contributed by atoms with Crippen molar-refractivity contribution in [1.29, 1.82) is 0 Å². The van der Waals surface area contributed by atoms with Gasteiger partial charge in [-0.05, 0) is 69.1 Å². The van der Waals surface area contributed by atoms with E-state index in [1.165, 1.54) is 5.57 Å². The van der Waals surface area contributed by atoms with Crippen LogP contribution in [0, 0.1) is 5.92 Å². The molecule has 2 atom stereocenters. The van der Waals surface area contributed by atoms with Gasteiger partial charge < -0.3 is 5.11 Å². The summed E-state index contributed by atoms with van der Waals surface area (Å²) in [5, 5.41) is 10.8. The molecule has 0 aromatic heterocycles. The molecule has 0 heterocycles. The molecule has 0 fully saturated rings. The fraction of sp³-hybridized carbons (Fsp3) is 0.455. The highest BCUT2D eigenvalue weighted by atomic mass is 16.3. The molecule has 1 rings (SSSR count). The van der Waals surface area contributed by atoms with Crippen LogP contribution in [0.5, 0.6) is 0 Å². The minimum absolute atomic E-state index is 0.508. The third kappa shape index (κ3) is 6.58. The summed E-state index contributed by atoms with van der Waals surface area (Å²) in [5.74, 6) is 0.508. The van der Waals surface area contributed by atoms with Crippen LogP contribution in [0.3, 0.4) is 0 Å². The van der Waals surface area contributed by atoms with Crippen LogP contribution in [0.2, 0.25) is 0 Å². The molecule has 0 spiro atoms. The van der Waals surface area contributed by atoms with Crippen molar-refractivity contribution in [3.63, 3.8) is 0 Å². The van der Waals surface area contributed by atoms with Crippen molar-refractivity contribution >= 4 is 0 Å². The van der Waals surface area contributed by atoms with Gasteiger partial charge in [0.25, 0.3) is 0 Å². The van der Waals surface area contributed by atoms with Gasteiger partial charge in [0.1, 0.15) is 0 Å². The van der Waals surface area contributed by atoms with Gasteiger partial charge in [-0.1, -0.05) is 62.1 Å². The minimum atomic E-state index is -0.716. The fourth-order valence-electron chi connectivity index (χ4n) is 2.80. The van der Waals surface area contributed by atoms with Crippen molar-refractivity contribution in [2.75, 3.05) is 0 Å². The monoisotopic (exact) mass is 312 g/mol. The molecule has 126 valence electrons. The summed E-state index contributed by atoms with van der Waals surface area (Å²) in [7, 11) is 0. The standard InChI is InChI=1S/C22H32O/c1-7-8-18(4)15-16-22(6,23)21-13-11-20(12-14-21)19(5)10-9-17(2)3/h7-11,13,18,23H,2,5,12,14-16H2,1,3-4,6H3/b8-7+,10-9-. The fourth-order valence-corrected chi connectivity index (χ4v) is 2.80. The smallest absolute Gasteiger partial charge is 0.0832 e. The van der Waals surface area contributed by atoms with E-state index in [9.17, 15) is 5.11 Å². The first-order valence-electron chi connectivity index (χ1n) is 8.54. The van der Waals surface area contributed by atoms with E-state index < -0.39 is 5.60 Å². The SMILES string of the molecule is C=C(C)/C=C\C(=C)C1=CC=C(C(C)(O)CCC(C)/C=C/C)CC1. The highest BCUT2D eigenvalue weighted by Gasteiger charge is 2.26. The molecular weight excluding hydrogens is 280 g/mol. The largest absolute Gasteiger partial charge is 0.386 e. The average Bonchev–Trinajstić information content (AvgIpc) is 2.51. The second kappa shape index (κ2) is 8.88. The predicted octanol–water partition coefficient (Wildman–Crippen LogP) is 6.06. The lowest BCUT2D eigenvalue weighted by molar-refractivity contribution is 0.0799. The third-order valence-corrected chi connectivity index (χ3v) is 4.43. The summed E-state index contributed by atoms with van der Waals surface area (Å²) in [6, 6.07) is 0. The summed E-state index contributed by atoms with van der Waals surface area (Å²) in [4.78, 5) is 0. The second-order valence-electron chi connectivity index (χ2n) is 6.90. The number of allylic oxidation sites excluding steroid dienone is 9. The molecule has 1 aliphatic carbocycles. The van der Waals surface area contributed by atoms with Crippen LogP contribution in [-0.4, -0.2) is 10.7 Å². The summed E-state index contributed by atoms with van der Waals surface area (Å²) < 4.78 is 0. The Labute approximate surface area is 142 Å². The van der Waals surface area contributed by atoms with Gasteiger partial charge in [-0.3, -0.25) is 0 Å². The van der Waals surface area contributed by atoms with Crippen molar-refractivity contribution in [2.45, 2.75) is 59.0 Å². The molecule has 1 nitrogen and oxygen atoms in total. The Hall–Kier alpha value is -1.60. The number of aliphatic hydroxyl groups is 1. The van der Waals surface area contributed by atoms with Crippen molar-refractivity contribution in [3.05, 3.63) is 71.9 Å². The van der Waals surface area contributed by atoms with E-state index in [1.54, 1.807) is 0 Å². The van der Waals surface area contributed by atoms with Gasteiger partial charge in [0, 0.05) is 0 Å². The van der Waals surface area contributed by atoms with Crippen LogP contribution < -0.4 is 0 Å². The molecule has 0 saturated heterocycles. The van der Waals surface area contributed by atoms with E-state index in [-0.39, 0.29) is 0 Å². The number of rotatable bonds is 8. The molecule has 0 radical (unpaired) electrons. The zero-order valence-corrected chi connectivity index (χ0v) is 15.2. The van der Waals surface area contributed by atoms with Gasteiger partial charge >= 0.3 is 0 Å². The van der Waals surface area contributed by atoms with Crippen LogP contribution >= 0.6 is 0 Å². The van der Waals surface area contributed by atoms with Crippen LogP contribution in [-0.2, 0) is 0 Å². The zero-order chi connectivity index (χ0) is 17.5. The Bertz CT molecular complexity index is 553. The van der Waals surface area contributed by atoms with Crippen molar-refractivity contribution in [3.8, 4) is 0 Å². The van der Waals surface area contributed by atoms with E-state index >= 15 is 0 Å². The zero-order valence-electron chi connectivity index (χ0n) is 15.2. The highest BCUT2D eigenvalue weighted by Crippen LogP contribution is 2.33. The Balaban J connectivity index is 2.72. The molecule has 1 heteroatoms. The molecule has 0 aliphatic heterocycles. The van der Waals surface area contributed by atoms with E-state index in [0.29, 0.717) is 5.92 Å². The Kier molecular flexibility index (Phi) is 7.51. The number of hydrogen-bond donors (Lipinski definition) is 1. The lowest BCUT2D eigenvalue weighted by Crippen LogP contribution is -2.28. The molecule has 0 amide bonds. The Morgan fingerprint density at radius 3 is 2.52 bits per heavy atom. The van der Waals surface area contributed by atoms with Gasteiger partial charge in [-0.2, -0.15) is 0 Å². The van der Waals surface area contributed by atoms with E-state index in [0.717, 1.165) is 42.4 Å². The first-order chi connectivity index (χ1) is 10.8. The van der Waals surface area contributed by atoms with Gasteiger partial charge in [0.15, 0.2) is 0 Å². The first kappa shape index (κ1) is 19.4. The van der Waals surface area contributed by atoms with Crippen LogP contribution in [0.15, 0.2) is 71.9 Å². The molecule has 1 aliphatic rings. The lowest BCUT2D eigenvalue weighted by atomic mass is 9.81. The third-order valence-electron chi connectivity index (χ3n) is 4.43. The maximum atomic E-state index is 10.8. The van der Waals surface area contributed by atoms with E-state index in [4.69, 9.17) is 0 Å². The topological polar surface area (TPSA) is 20.2 Å². The second-order valence-corrected chi connectivity index (χ2v) is 6.90. The van der Waals surface area contributed by atoms with E-state index in [1.807, 2.05) is 32.9 Å². The molecule has 0 aromatic carbocycles. The van der Waals surface area contributed by atoms with Crippen LogP contribution in [0.4, 0.5) is 0 Å². The molecule has 2 unspecified atom stereocenters. The van der Waals surface area contributed by atoms with Gasteiger partial charge in [-0.25, -0.2) is 0 Å². The lowest BCUT2D eigenvalue weighted by Gasteiger charge is -2.30. The maximum absolute atomic E-state index is 10.8. The summed E-state index contributed by atoms with van der Waals surface area (Å²) in [6.07, 6.45) is 16.1. The minimum Gasteiger partial charge on any atom is -0.386 e. The Morgan fingerprint density at radius 1 is 1.30 bits per heavy atom. The maximum Gasteiger partial charge on any atom is 0.0832 e. The quantitative estimate of drug-likeness (QED) is 0.426. The molecule has 0 aromatic rings. The molecule has 0 saturated carbocycles. The normalized spacial score (nSPS) is 19.3. The van der Waals surface area contributed by atoms with Crippen LogP contribution in [0.25, 0.3) is 0 Å². The average molecular weight is 312 g/mol. The van der Waals surface area contributed by atoms with Crippen molar-refractivity contribution in [1.82, 2.24) is 0 Å². The molecule has 23 heavy (non-hydrogen) atoms. The summed E-state index contributed by atoms with van der Waals surface area (Å²) >= 11 is 0.